The van der Waals surface area contributed by atoms with E-state index in [4.69, 9.17) is 17.0 Å². The first kappa shape index (κ1) is 20.0. The van der Waals surface area contributed by atoms with E-state index < -0.39 is 12.0 Å². The van der Waals surface area contributed by atoms with Crippen molar-refractivity contribution in [2.24, 2.45) is 0 Å². The van der Waals surface area contributed by atoms with Gasteiger partial charge in [-0.3, -0.25) is 4.79 Å². The quantitative estimate of drug-likeness (QED) is 0.573. The van der Waals surface area contributed by atoms with Crippen molar-refractivity contribution in [1.82, 2.24) is 10.2 Å². The minimum absolute atomic E-state index is 0.170. The van der Waals surface area contributed by atoms with Crippen LogP contribution in [-0.2, 0) is 9.53 Å². The summed E-state index contributed by atoms with van der Waals surface area (Å²) in [5, 5.41) is 8.52. The minimum atomic E-state index is -0.457. The van der Waals surface area contributed by atoms with E-state index in [0.717, 1.165) is 11.3 Å². The average Bonchev–Trinajstić information content (AvgIpc) is 3.22. The topological polar surface area (TPSA) is 70.7 Å². The van der Waals surface area contributed by atoms with E-state index in [9.17, 15) is 9.59 Å². The molecule has 2 aromatic rings. The number of rotatable bonds is 5. The number of hydrogen-bond donors (Lipinski definition) is 2. The van der Waals surface area contributed by atoms with Crippen molar-refractivity contribution in [2.75, 3.05) is 19.0 Å². The predicted molar refractivity (Wildman–Crippen MR) is 114 cm³/mol. The standard InChI is InChI=1S/C20H21N3O3S2/c1-4-23-12(2)16(19(25)26-3)17(22-20(23)27)13-7-5-8-14(11-13)21-18(24)15-9-6-10-28-15/h5-11,17H,4H2,1-3H3,(H,21,24)(H,22,27). The first-order chi connectivity index (χ1) is 13.5. The zero-order chi connectivity index (χ0) is 20.3. The molecule has 1 atom stereocenters. The van der Waals surface area contributed by atoms with Gasteiger partial charge in [-0.25, -0.2) is 4.79 Å². The Morgan fingerprint density at radius 3 is 2.75 bits per heavy atom. The van der Waals surface area contributed by atoms with E-state index in [1.807, 2.05) is 54.5 Å². The van der Waals surface area contributed by atoms with Crippen molar-refractivity contribution < 1.29 is 14.3 Å². The van der Waals surface area contributed by atoms with Gasteiger partial charge < -0.3 is 20.3 Å². The summed E-state index contributed by atoms with van der Waals surface area (Å²) in [6.07, 6.45) is 0. The number of carbonyl (C=O) groups is 2. The summed E-state index contributed by atoms with van der Waals surface area (Å²) in [5.74, 6) is -0.583. The van der Waals surface area contributed by atoms with Gasteiger partial charge in [0.05, 0.1) is 23.6 Å². The molecule has 28 heavy (non-hydrogen) atoms. The van der Waals surface area contributed by atoms with Crippen LogP contribution >= 0.6 is 23.6 Å². The van der Waals surface area contributed by atoms with Gasteiger partial charge in [0.1, 0.15) is 0 Å². The van der Waals surface area contributed by atoms with Gasteiger partial charge in [-0.1, -0.05) is 18.2 Å². The number of benzene rings is 1. The maximum absolute atomic E-state index is 12.5. The average molecular weight is 416 g/mol. The van der Waals surface area contributed by atoms with Crippen molar-refractivity contribution in [2.45, 2.75) is 19.9 Å². The van der Waals surface area contributed by atoms with Crippen LogP contribution in [0, 0.1) is 0 Å². The van der Waals surface area contributed by atoms with Gasteiger partial charge in [0, 0.05) is 17.9 Å². The Balaban J connectivity index is 1.95. The van der Waals surface area contributed by atoms with Gasteiger partial charge in [-0.2, -0.15) is 0 Å². The third-order valence-corrected chi connectivity index (χ3v) is 5.75. The zero-order valence-corrected chi connectivity index (χ0v) is 17.4. The molecule has 1 aliphatic rings. The highest BCUT2D eigenvalue weighted by Gasteiger charge is 2.34. The monoisotopic (exact) mass is 415 g/mol. The number of nitrogens with one attached hydrogen (secondary N) is 2. The zero-order valence-electron chi connectivity index (χ0n) is 15.8. The van der Waals surface area contributed by atoms with Gasteiger partial charge in [0.2, 0.25) is 0 Å². The number of ether oxygens (including phenoxy) is 1. The van der Waals surface area contributed by atoms with Crippen LogP contribution in [0.25, 0.3) is 0 Å². The molecule has 0 radical (unpaired) electrons. The van der Waals surface area contributed by atoms with Gasteiger partial charge in [-0.15, -0.1) is 11.3 Å². The lowest BCUT2D eigenvalue weighted by Crippen LogP contribution is -2.47. The molecule has 0 saturated heterocycles. The van der Waals surface area contributed by atoms with Crippen LogP contribution < -0.4 is 10.6 Å². The second kappa shape index (κ2) is 8.53. The molecule has 6 nitrogen and oxygen atoms in total. The van der Waals surface area contributed by atoms with E-state index >= 15 is 0 Å². The molecular weight excluding hydrogens is 394 g/mol. The fourth-order valence-electron chi connectivity index (χ4n) is 3.18. The highest BCUT2D eigenvalue weighted by Crippen LogP contribution is 2.32. The maximum Gasteiger partial charge on any atom is 0.337 e. The van der Waals surface area contributed by atoms with Crippen molar-refractivity contribution in [1.29, 1.82) is 0 Å². The van der Waals surface area contributed by atoms with Crippen molar-refractivity contribution in [3.8, 4) is 0 Å². The molecule has 1 aromatic heterocycles. The van der Waals surface area contributed by atoms with Crippen LogP contribution in [0.1, 0.15) is 35.1 Å². The Kier molecular flexibility index (Phi) is 6.11. The Morgan fingerprint density at radius 2 is 2.11 bits per heavy atom. The molecule has 146 valence electrons. The molecule has 1 amide bonds. The lowest BCUT2D eigenvalue weighted by molar-refractivity contribution is -0.136. The van der Waals surface area contributed by atoms with Gasteiger partial charge in [0.15, 0.2) is 5.11 Å². The van der Waals surface area contributed by atoms with Crippen molar-refractivity contribution in [3.05, 3.63) is 63.5 Å². The van der Waals surface area contributed by atoms with Gasteiger partial charge in [0.25, 0.3) is 5.91 Å². The number of amides is 1. The number of thiophene rings is 1. The lowest BCUT2D eigenvalue weighted by Gasteiger charge is -2.37. The number of hydrogen-bond acceptors (Lipinski definition) is 5. The van der Waals surface area contributed by atoms with Crippen LogP contribution in [0.3, 0.4) is 0 Å². The maximum atomic E-state index is 12.5. The van der Waals surface area contributed by atoms with E-state index in [0.29, 0.717) is 27.8 Å². The molecule has 1 aliphatic heterocycles. The summed E-state index contributed by atoms with van der Waals surface area (Å²) in [7, 11) is 1.36. The van der Waals surface area contributed by atoms with E-state index in [1.54, 1.807) is 6.07 Å². The first-order valence-corrected chi connectivity index (χ1v) is 10.1. The van der Waals surface area contributed by atoms with Crippen LogP contribution in [0.5, 0.6) is 0 Å². The Bertz CT molecular complexity index is 938. The SMILES string of the molecule is CCN1C(=S)NC(c2cccc(NC(=O)c3cccs3)c2)C(C(=O)OC)=C1C. The smallest absolute Gasteiger partial charge is 0.337 e. The predicted octanol–water partition coefficient (Wildman–Crippen LogP) is 3.70. The largest absolute Gasteiger partial charge is 0.466 e. The van der Waals surface area contributed by atoms with Crippen LogP contribution in [0.15, 0.2) is 53.0 Å². The number of esters is 1. The summed E-state index contributed by atoms with van der Waals surface area (Å²) in [6, 6.07) is 10.5. The van der Waals surface area contributed by atoms with E-state index in [-0.39, 0.29) is 5.91 Å². The van der Waals surface area contributed by atoms with Gasteiger partial charge in [-0.05, 0) is 55.2 Å². The van der Waals surface area contributed by atoms with Crippen LogP contribution in [-0.4, -0.2) is 35.5 Å². The molecular formula is C20H21N3O3S2. The van der Waals surface area contributed by atoms with Crippen molar-refractivity contribution in [3.63, 3.8) is 0 Å². The summed E-state index contributed by atoms with van der Waals surface area (Å²) in [6.45, 7) is 4.47. The van der Waals surface area contributed by atoms with Gasteiger partial charge >= 0.3 is 5.97 Å². The number of thiocarbonyl (C=S) groups is 1. The number of nitrogens with zero attached hydrogens (tertiary/aromatic N) is 1. The first-order valence-electron chi connectivity index (χ1n) is 8.78. The molecule has 0 bridgehead atoms. The highest BCUT2D eigenvalue weighted by molar-refractivity contribution is 7.80. The normalized spacial score (nSPS) is 16.6. The lowest BCUT2D eigenvalue weighted by atomic mass is 9.94. The Hall–Kier alpha value is -2.71. The molecule has 2 N–H and O–H groups in total. The van der Waals surface area contributed by atoms with Crippen LogP contribution in [0.4, 0.5) is 5.69 Å². The summed E-state index contributed by atoms with van der Waals surface area (Å²) < 4.78 is 5.01. The number of carbonyl (C=O) groups excluding carboxylic acids is 2. The Morgan fingerprint density at radius 1 is 1.32 bits per heavy atom. The molecule has 1 aromatic carbocycles. The molecule has 0 saturated carbocycles. The second-order valence-corrected chi connectivity index (χ2v) is 7.51. The third-order valence-electron chi connectivity index (χ3n) is 4.54. The Labute approximate surface area is 173 Å². The second-order valence-electron chi connectivity index (χ2n) is 6.17. The fourth-order valence-corrected chi connectivity index (χ4v) is 4.19. The molecule has 1 unspecified atom stereocenters. The van der Waals surface area contributed by atoms with Crippen molar-refractivity contribution >= 4 is 46.2 Å². The molecule has 8 heteroatoms. The molecule has 2 heterocycles. The van der Waals surface area contributed by atoms with E-state index in [1.165, 1.54) is 18.4 Å². The summed E-state index contributed by atoms with van der Waals surface area (Å²) in [5.41, 5.74) is 2.71. The minimum Gasteiger partial charge on any atom is -0.466 e. The summed E-state index contributed by atoms with van der Waals surface area (Å²) in [4.78, 5) is 27.3. The molecule has 3 rings (SSSR count). The molecule has 0 spiro atoms. The van der Waals surface area contributed by atoms with Crippen LogP contribution in [0.2, 0.25) is 0 Å². The fraction of sp³-hybridized carbons (Fsp3) is 0.250. The summed E-state index contributed by atoms with van der Waals surface area (Å²) >= 11 is 6.85. The number of anilines is 1. The number of methoxy groups -OCH3 is 1. The molecule has 0 fully saturated rings. The third kappa shape index (κ3) is 3.93. The number of allylic oxidation sites excluding steroid dienone is 1. The van der Waals surface area contributed by atoms with E-state index in [2.05, 4.69) is 10.6 Å². The molecule has 0 aliphatic carbocycles. The highest BCUT2D eigenvalue weighted by atomic mass is 32.1.